The van der Waals surface area contributed by atoms with Gasteiger partial charge in [0.05, 0.1) is 11.6 Å². The molecule has 0 spiro atoms. The van der Waals surface area contributed by atoms with Crippen LogP contribution in [0.3, 0.4) is 0 Å². The number of aromatic carboxylic acids is 1. The number of rotatable bonds is 8. The number of hydrogen-bond acceptors (Lipinski definition) is 3. The summed E-state index contributed by atoms with van der Waals surface area (Å²) in [6, 6.07) is 25.1. The molecule has 0 aliphatic carbocycles. The van der Waals surface area contributed by atoms with E-state index in [1.54, 1.807) is 37.3 Å². The molecule has 2 N–H and O–H groups in total. The number of carbonyl (C=O) groups excluding carboxylic acids is 1. The molecule has 0 aliphatic heterocycles. The summed E-state index contributed by atoms with van der Waals surface area (Å²) in [6.45, 7) is 6.29. The Morgan fingerprint density at radius 3 is 2.35 bits per heavy atom. The number of aryl methyl sites for hydroxylation is 1. The van der Waals surface area contributed by atoms with E-state index in [4.69, 9.17) is 0 Å². The zero-order chi connectivity index (χ0) is 30.9. The van der Waals surface area contributed by atoms with Crippen LogP contribution < -0.4 is 10.1 Å². The smallest absolute Gasteiger partial charge is 0.478 e. The molecule has 4 aromatic carbocycles. The van der Waals surface area contributed by atoms with Crippen LogP contribution in [0.2, 0.25) is 0 Å². The van der Waals surface area contributed by atoms with Gasteiger partial charge in [-0.1, -0.05) is 54.6 Å². The molecule has 43 heavy (non-hydrogen) atoms. The number of amides is 1. The Hall–Kier alpha value is -5.05. The number of carboxylic acids is 1. The van der Waals surface area contributed by atoms with Gasteiger partial charge in [0.1, 0.15) is 5.75 Å². The summed E-state index contributed by atoms with van der Waals surface area (Å²) in [5.74, 6) is -1.67. The van der Waals surface area contributed by atoms with Crippen LogP contribution >= 0.6 is 0 Å². The van der Waals surface area contributed by atoms with Gasteiger partial charge < -0.3 is 19.7 Å². The van der Waals surface area contributed by atoms with Crippen LogP contribution in [-0.4, -0.2) is 27.9 Å². The summed E-state index contributed by atoms with van der Waals surface area (Å²) >= 11 is 0. The predicted molar refractivity (Wildman–Crippen MR) is 158 cm³/mol. The van der Waals surface area contributed by atoms with Crippen molar-refractivity contribution in [1.29, 1.82) is 0 Å². The van der Waals surface area contributed by atoms with Crippen molar-refractivity contribution >= 4 is 22.8 Å². The van der Waals surface area contributed by atoms with Gasteiger partial charge in [0, 0.05) is 28.7 Å². The summed E-state index contributed by atoms with van der Waals surface area (Å²) in [4.78, 5) is 24.8. The average Bonchev–Trinajstić information content (AvgIpc) is 3.21. The van der Waals surface area contributed by atoms with E-state index < -0.39 is 18.4 Å². The number of benzene rings is 4. The monoisotopic (exact) mass is 586 g/mol. The minimum absolute atomic E-state index is 0.247. The third-order valence-electron chi connectivity index (χ3n) is 7.60. The van der Waals surface area contributed by atoms with Gasteiger partial charge in [-0.3, -0.25) is 4.79 Å². The Labute approximate surface area is 246 Å². The number of hydrogen-bond donors (Lipinski definition) is 2. The van der Waals surface area contributed by atoms with Gasteiger partial charge in [0.2, 0.25) is 0 Å². The molecule has 0 saturated carbocycles. The molecular weight excluding hydrogens is 557 g/mol. The molecular formula is C34H29F3N2O4. The number of fused-ring (bicyclic) bond motifs is 1. The lowest BCUT2D eigenvalue weighted by Gasteiger charge is -2.16. The fraction of sp³-hybridized carbons (Fsp3) is 0.176. The first-order valence-corrected chi connectivity index (χ1v) is 13.6. The topological polar surface area (TPSA) is 80.6 Å². The highest BCUT2D eigenvalue weighted by molar-refractivity contribution is 5.99. The molecule has 9 heteroatoms. The Morgan fingerprint density at radius 2 is 1.65 bits per heavy atom. The van der Waals surface area contributed by atoms with Crippen LogP contribution in [-0.2, 0) is 6.54 Å². The molecule has 0 fully saturated rings. The lowest BCUT2D eigenvalue weighted by atomic mass is 9.99. The standard InChI is InChI=1S/C34H29F3N2O4/c1-20-22(3)39(19-23-11-13-24(14-12-23)28-9-4-5-10-29(28)33(41)42)31-16-15-26(18-30(20)31)32(40)38-21(2)25-7-6-8-27(17-25)43-34(35,36)37/h4-18,21H,19H2,1-3H3,(H,38,40)(H,41,42)/t21-/m0/s1. The molecule has 1 heterocycles. The molecule has 0 saturated heterocycles. The van der Waals surface area contributed by atoms with Crippen molar-refractivity contribution in [3.8, 4) is 16.9 Å². The van der Waals surface area contributed by atoms with Crippen molar-refractivity contribution in [1.82, 2.24) is 9.88 Å². The van der Waals surface area contributed by atoms with E-state index in [0.717, 1.165) is 33.3 Å². The van der Waals surface area contributed by atoms with Crippen molar-refractivity contribution in [2.24, 2.45) is 0 Å². The third-order valence-corrected chi connectivity index (χ3v) is 7.60. The van der Waals surface area contributed by atoms with Crippen molar-refractivity contribution in [2.75, 3.05) is 0 Å². The number of carboxylic acid groups (broad SMARTS) is 1. The zero-order valence-corrected chi connectivity index (χ0v) is 23.7. The molecule has 0 unspecified atom stereocenters. The lowest BCUT2D eigenvalue weighted by Crippen LogP contribution is -2.26. The number of nitrogens with one attached hydrogen (secondary N) is 1. The molecule has 5 aromatic rings. The number of aromatic nitrogens is 1. The summed E-state index contributed by atoms with van der Waals surface area (Å²) in [5.41, 5.74) is 6.69. The van der Waals surface area contributed by atoms with Crippen molar-refractivity contribution < 1.29 is 32.6 Å². The first-order chi connectivity index (χ1) is 20.4. The van der Waals surface area contributed by atoms with Gasteiger partial charge in [-0.15, -0.1) is 13.2 Å². The Balaban J connectivity index is 1.35. The molecule has 1 amide bonds. The van der Waals surface area contributed by atoms with E-state index in [1.165, 1.54) is 18.2 Å². The van der Waals surface area contributed by atoms with Crippen LogP contribution in [0.25, 0.3) is 22.0 Å². The van der Waals surface area contributed by atoms with Gasteiger partial charge in [-0.2, -0.15) is 0 Å². The predicted octanol–water partition coefficient (Wildman–Crippen LogP) is 8.06. The van der Waals surface area contributed by atoms with E-state index in [1.807, 2.05) is 56.3 Å². The molecule has 220 valence electrons. The summed E-state index contributed by atoms with van der Waals surface area (Å²) in [5, 5.41) is 13.3. The largest absolute Gasteiger partial charge is 0.573 e. The third kappa shape index (κ3) is 6.40. The molecule has 0 radical (unpaired) electrons. The zero-order valence-electron chi connectivity index (χ0n) is 23.7. The molecule has 1 aromatic heterocycles. The Bertz CT molecular complexity index is 1820. The highest BCUT2D eigenvalue weighted by Gasteiger charge is 2.31. The normalized spacial score (nSPS) is 12.2. The van der Waals surface area contributed by atoms with Crippen LogP contribution in [0.4, 0.5) is 13.2 Å². The van der Waals surface area contributed by atoms with Gasteiger partial charge >= 0.3 is 12.3 Å². The fourth-order valence-corrected chi connectivity index (χ4v) is 5.23. The number of alkyl halides is 3. The minimum atomic E-state index is -4.80. The highest BCUT2D eigenvalue weighted by Crippen LogP contribution is 2.30. The number of ether oxygens (including phenoxy) is 1. The lowest BCUT2D eigenvalue weighted by molar-refractivity contribution is -0.274. The van der Waals surface area contributed by atoms with Crippen molar-refractivity contribution in [3.63, 3.8) is 0 Å². The summed E-state index contributed by atoms with van der Waals surface area (Å²) in [6.07, 6.45) is -4.80. The van der Waals surface area contributed by atoms with Gasteiger partial charge in [-0.05, 0) is 85.0 Å². The van der Waals surface area contributed by atoms with Crippen LogP contribution in [0, 0.1) is 13.8 Å². The van der Waals surface area contributed by atoms with E-state index in [0.29, 0.717) is 23.2 Å². The second-order valence-electron chi connectivity index (χ2n) is 10.4. The van der Waals surface area contributed by atoms with Crippen molar-refractivity contribution in [3.05, 3.63) is 125 Å². The van der Waals surface area contributed by atoms with Crippen LogP contribution in [0.1, 0.15) is 56.1 Å². The van der Waals surface area contributed by atoms with E-state index >= 15 is 0 Å². The maximum Gasteiger partial charge on any atom is 0.573 e. The quantitative estimate of drug-likeness (QED) is 0.193. The van der Waals surface area contributed by atoms with Gasteiger partial charge in [-0.25, -0.2) is 4.79 Å². The fourth-order valence-electron chi connectivity index (χ4n) is 5.23. The minimum Gasteiger partial charge on any atom is -0.478 e. The molecule has 6 nitrogen and oxygen atoms in total. The summed E-state index contributed by atoms with van der Waals surface area (Å²) < 4.78 is 44.0. The maximum absolute atomic E-state index is 13.1. The molecule has 0 bridgehead atoms. The van der Waals surface area contributed by atoms with Crippen LogP contribution in [0.15, 0.2) is 91.0 Å². The number of carbonyl (C=O) groups is 2. The van der Waals surface area contributed by atoms with Crippen LogP contribution in [0.5, 0.6) is 5.75 Å². The van der Waals surface area contributed by atoms with Gasteiger partial charge in [0.15, 0.2) is 0 Å². The van der Waals surface area contributed by atoms with Gasteiger partial charge in [0.25, 0.3) is 5.91 Å². The average molecular weight is 587 g/mol. The molecule has 0 aliphatic rings. The first-order valence-electron chi connectivity index (χ1n) is 13.6. The SMILES string of the molecule is Cc1c(C)n(Cc2ccc(-c3ccccc3C(=O)O)cc2)c2ccc(C(=O)N[C@@H](C)c3cccc(OC(F)(F)F)c3)cc12. The van der Waals surface area contributed by atoms with E-state index in [9.17, 15) is 27.9 Å². The molecule has 1 atom stereocenters. The van der Waals surface area contributed by atoms with Crippen molar-refractivity contribution in [2.45, 2.75) is 39.7 Å². The molecule has 5 rings (SSSR count). The maximum atomic E-state index is 13.1. The highest BCUT2D eigenvalue weighted by atomic mass is 19.4. The number of halogens is 3. The Morgan fingerprint density at radius 1 is 0.930 bits per heavy atom. The second kappa shape index (κ2) is 11.7. The second-order valence-corrected chi connectivity index (χ2v) is 10.4. The van der Waals surface area contributed by atoms with E-state index in [-0.39, 0.29) is 17.2 Å². The first kappa shape index (κ1) is 29.4. The number of nitrogens with zero attached hydrogens (tertiary/aromatic N) is 1. The van der Waals surface area contributed by atoms with E-state index in [2.05, 4.69) is 14.6 Å². The Kier molecular flexibility index (Phi) is 8.00. The summed E-state index contributed by atoms with van der Waals surface area (Å²) in [7, 11) is 0.